The van der Waals surface area contributed by atoms with Crippen molar-refractivity contribution in [3.05, 3.63) is 41.3 Å². The van der Waals surface area contributed by atoms with Gasteiger partial charge in [0.25, 0.3) is 5.91 Å². The molecule has 0 aromatic carbocycles. The highest BCUT2D eigenvalue weighted by molar-refractivity contribution is 6.29. The van der Waals surface area contributed by atoms with Gasteiger partial charge in [0, 0.05) is 20.3 Å². The van der Waals surface area contributed by atoms with Crippen LogP contribution in [-0.4, -0.2) is 39.7 Å². The van der Waals surface area contributed by atoms with E-state index in [-0.39, 0.29) is 5.91 Å². The lowest BCUT2D eigenvalue weighted by atomic mass is 10.4. The molecule has 0 saturated carbocycles. The Labute approximate surface area is 104 Å². The Morgan fingerprint density at radius 3 is 2.76 bits per heavy atom. The van der Waals surface area contributed by atoms with Crippen LogP contribution in [0.2, 0.25) is 5.15 Å². The van der Waals surface area contributed by atoms with Gasteiger partial charge in [0.2, 0.25) is 0 Å². The fourth-order valence-electron chi connectivity index (χ4n) is 1.32. The number of carbonyl (C=O) groups excluding carboxylic acids is 1. The molecule has 0 bridgehead atoms. The van der Waals surface area contributed by atoms with Crippen LogP contribution in [-0.2, 0) is 0 Å². The number of hydrogen-bond acceptors (Lipinski definition) is 3. The normalized spacial score (nSPS) is 10.3. The highest BCUT2D eigenvalue weighted by Crippen LogP contribution is 2.10. The second kappa shape index (κ2) is 4.55. The summed E-state index contributed by atoms with van der Waals surface area (Å²) in [5.74, 6) is 0.432. The summed E-state index contributed by atoms with van der Waals surface area (Å²) in [6, 6.07) is 6.87. The third kappa shape index (κ3) is 2.45. The van der Waals surface area contributed by atoms with Crippen molar-refractivity contribution in [1.82, 2.24) is 19.7 Å². The van der Waals surface area contributed by atoms with Gasteiger partial charge in [0.05, 0.1) is 0 Å². The van der Waals surface area contributed by atoms with Gasteiger partial charge in [-0.05, 0) is 18.2 Å². The molecule has 0 aliphatic rings. The van der Waals surface area contributed by atoms with E-state index in [1.807, 2.05) is 0 Å². The van der Waals surface area contributed by atoms with Crippen molar-refractivity contribution < 1.29 is 4.79 Å². The van der Waals surface area contributed by atoms with Crippen LogP contribution in [0.25, 0.3) is 5.82 Å². The summed E-state index contributed by atoms with van der Waals surface area (Å²) in [5.41, 5.74) is 0.372. The maximum absolute atomic E-state index is 11.7. The first-order valence-corrected chi connectivity index (χ1v) is 5.36. The molecule has 0 radical (unpaired) electrons. The van der Waals surface area contributed by atoms with E-state index < -0.39 is 0 Å². The number of nitrogens with zero attached hydrogens (tertiary/aromatic N) is 4. The van der Waals surface area contributed by atoms with Gasteiger partial charge in [-0.25, -0.2) is 9.67 Å². The first kappa shape index (κ1) is 11.6. The zero-order valence-electron chi connectivity index (χ0n) is 9.46. The molecule has 5 nitrogen and oxygen atoms in total. The molecule has 0 spiro atoms. The molecule has 0 fully saturated rings. The minimum atomic E-state index is -0.147. The van der Waals surface area contributed by atoms with Crippen molar-refractivity contribution in [3.63, 3.8) is 0 Å². The molecule has 2 aromatic heterocycles. The largest absolute Gasteiger partial charge is 0.343 e. The first-order valence-electron chi connectivity index (χ1n) is 4.98. The fraction of sp³-hybridized carbons (Fsp3) is 0.182. The molecule has 2 rings (SSSR count). The van der Waals surface area contributed by atoms with E-state index in [1.165, 1.54) is 9.58 Å². The SMILES string of the molecule is CN(C)C(=O)c1ccn(-c2cccc(Cl)n2)n1. The number of carbonyl (C=O) groups is 1. The number of rotatable bonds is 2. The Morgan fingerprint density at radius 1 is 1.35 bits per heavy atom. The molecule has 0 aliphatic heterocycles. The molecule has 17 heavy (non-hydrogen) atoms. The third-order valence-electron chi connectivity index (χ3n) is 2.15. The van der Waals surface area contributed by atoms with Crippen LogP contribution in [0.3, 0.4) is 0 Å². The van der Waals surface area contributed by atoms with Gasteiger partial charge in [-0.2, -0.15) is 5.10 Å². The van der Waals surface area contributed by atoms with E-state index in [1.54, 1.807) is 44.6 Å². The Kier molecular flexibility index (Phi) is 3.10. The Hall–Kier alpha value is -1.88. The van der Waals surface area contributed by atoms with Crippen LogP contribution in [0, 0.1) is 0 Å². The standard InChI is InChI=1S/C11H11ClN4O/c1-15(2)11(17)8-6-7-16(14-8)10-5-3-4-9(12)13-10/h3-7H,1-2H3. The van der Waals surface area contributed by atoms with Crippen LogP contribution in [0.1, 0.15) is 10.5 Å². The minimum Gasteiger partial charge on any atom is -0.343 e. The number of halogens is 1. The van der Waals surface area contributed by atoms with Crippen molar-refractivity contribution in [2.24, 2.45) is 0 Å². The Bertz CT molecular complexity index is 550. The van der Waals surface area contributed by atoms with Crippen LogP contribution in [0.4, 0.5) is 0 Å². The zero-order chi connectivity index (χ0) is 12.4. The number of amides is 1. The topological polar surface area (TPSA) is 51.0 Å². The van der Waals surface area contributed by atoms with Gasteiger partial charge in [-0.15, -0.1) is 0 Å². The Balaban J connectivity index is 2.33. The lowest BCUT2D eigenvalue weighted by Gasteiger charge is -2.06. The monoisotopic (exact) mass is 250 g/mol. The molecule has 0 atom stereocenters. The molecule has 0 saturated heterocycles. The first-order chi connectivity index (χ1) is 8.08. The van der Waals surface area contributed by atoms with E-state index in [2.05, 4.69) is 10.1 Å². The fourth-order valence-corrected chi connectivity index (χ4v) is 1.48. The van der Waals surface area contributed by atoms with Crippen LogP contribution in [0.15, 0.2) is 30.5 Å². The molecule has 88 valence electrons. The number of hydrogen-bond donors (Lipinski definition) is 0. The quantitative estimate of drug-likeness (QED) is 0.761. The molecular weight excluding hydrogens is 240 g/mol. The Morgan fingerprint density at radius 2 is 2.12 bits per heavy atom. The number of pyridine rings is 1. The summed E-state index contributed by atoms with van der Waals surface area (Å²) in [4.78, 5) is 17.2. The van der Waals surface area contributed by atoms with Gasteiger partial charge in [0.15, 0.2) is 11.5 Å². The lowest BCUT2D eigenvalue weighted by Crippen LogP contribution is -2.22. The summed E-state index contributed by atoms with van der Waals surface area (Å²) in [6.07, 6.45) is 1.68. The summed E-state index contributed by atoms with van der Waals surface area (Å²) < 4.78 is 1.52. The van der Waals surface area contributed by atoms with Crippen molar-refractivity contribution in [1.29, 1.82) is 0 Å². The van der Waals surface area contributed by atoms with Crippen LogP contribution >= 0.6 is 11.6 Å². The molecule has 1 amide bonds. The van der Waals surface area contributed by atoms with E-state index in [0.29, 0.717) is 16.7 Å². The highest BCUT2D eigenvalue weighted by atomic mass is 35.5. The van der Waals surface area contributed by atoms with Crippen molar-refractivity contribution >= 4 is 17.5 Å². The van der Waals surface area contributed by atoms with Gasteiger partial charge in [0.1, 0.15) is 5.15 Å². The minimum absolute atomic E-state index is 0.147. The van der Waals surface area contributed by atoms with Crippen molar-refractivity contribution in [2.45, 2.75) is 0 Å². The lowest BCUT2D eigenvalue weighted by molar-refractivity contribution is 0.0821. The third-order valence-corrected chi connectivity index (χ3v) is 2.36. The van der Waals surface area contributed by atoms with Gasteiger partial charge in [-0.3, -0.25) is 4.79 Å². The molecule has 0 unspecified atom stereocenters. The number of aromatic nitrogens is 3. The summed E-state index contributed by atoms with van der Waals surface area (Å²) in [5, 5.41) is 4.53. The van der Waals surface area contributed by atoms with E-state index in [9.17, 15) is 4.79 Å². The van der Waals surface area contributed by atoms with Gasteiger partial charge >= 0.3 is 0 Å². The van der Waals surface area contributed by atoms with Crippen LogP contribution < -0.4 is 0 Å². The van der Waals surface area contributed by atoms with Gasteiger partial charge < -0.3 is 4.90 Å². The molecular formula is C11H11ClN4O. The highest BCUT2D eigenvalue weighted by Gasteiger charge is 2.12. The van der Waals surface area contributed by atoms with E-state index >= 15 is 0 Å². The predicted octanol–water partition coefficient (Wildman–Crippen LogP) is 1.62. The van der Waals surface area contributed by atoms with Crippen molar-refractivity contribution in [2.75, 3.05) is 14.1 Å². The zero-order valence-corrected chi connectivity index (χ0v) is 10.2. The molecule has 0 aliphatic carbocycles. The average molecular weight is 251 g/mol. The maximum atomic E-state index is 11.7. The van der Waals surface area contributed by atoms with Gasteiger partial charge in [-0.1, -0.05) is 17.7 Å². The molecule has 6 heteroatoms. The summed E-state index contributed by atoms with van der Waals surface area (Å²) in [7, 11) is 3.36. The molecule has 2 heterocycles. The second-order valence-electron chi connectivity index (χ2n) is 3.66. The smallest absolute Gasteiger partial charge is 0.273 e. The van der Waals surface area contributed by atoms with Crippen molar-refractivity contribution in [3.8, 4) is 5.82 Å². The van der Waals surface area contributed by atoms with E-state index in [0.717, 1.165) is 0 Å². The van der Waals surface area contributed by atoms with E-state index in [4.69, 9.17) is 11.6 Å². The summed E-state index contributed by atoms with van der Waals surface area (Å²) in [6.45, 7) is 0. The average Bonchev–Trinajstić information content (AvgIpc) is 2.77. The summed E-state index contributed by atoms with van der Waals surface area (Å²) >= 11 is 5.79. The molecule has 0 N–H and O–H groups in total. The van der Waals surface area contributed by atoms with Crippen LogP contribution in [0.5, 0.6) is 0 Å². The molecule has 2 aromatic rings. The predicted molar refractivity (Wildman–Crippen MR) is 64.4 cm³/mol. The maximum Gasteiger partial charge on any atom is 0.273 e. The second-order valence-corrected chi connectivity index (χ2v) is 4.05.